The van der Waals surface area contributed by atoms with Crippen molar-refractivity contribution in [2.45, 2.75) is 19.9 Å². The summed E-state index contributed by atoms with van der Waals surface area (Å²) in [5, 5.41) is 5.92. The summed E-state index contributed by atoms with van der Waals surface area (Å²) in [6.45, 7) is 2.55. The minimum absolute atomic E-state index is 0. The maximum Gasteiger partial charge on any atom is 0.193 e. The van der Waals surface area contributed by atoms with Crippen molar-refractivity contribution < 1.29 is 4.42 Å². The lowest BCUT2D eigenvalue weighted by atomic mass is 10.1. The average molecular weight is 454 g/mol. The molecule has 5 nitrogen and oxygen atoms in total. The third kappa shape index (κ3) is 4.81. The predicted molar refractivity (Wildman–Crippen MR) is 110 cm³/mol. The van der Waals surface area contributed by atoms with Crippen molar-refractivity contribution in [2.24, 2.45) is 10.7 Å². The number of aliphatic imine (C=N–C) groups is 1. The van der Waals surface area contributed by atoms with Crippen molar-refractivity contribution in [1.82, 2.24) is 4.98 Å². The Morgan fingerprint density at radius 1 is 1.33 bits per heavy atom. The van der Waals surface area contributed by atoms with Gasteiger partial charge < -0.3 is 15.5 Å². The van der Waals surface area contributed by atoms with Crippen LogP contribution in [-0.2, 0) is 13.0 Å². The molecule has 0 saturated heterocycles. The molecule has 0 aliphatic heterocycles. The summed E-state index contributed by atoms with van der Waals surface area (Å²) >= 11 is 1.53. The van der Waals surface area contributed by atoms with Crippen LogP contribution >= 0.6 is 35.3 Å². The molecule has 0 aliphatic carbocycles. The van der Waals surface area contributed by atoms with Crippen LogP contribution in [0.2, 0.25) is 0 Å². The highest BCUT2D eigenvalue weighted by Gasteiger charge is 2.06. The molecule has 0 atom stereocenters. The van der Waals surface area contributed by atoms with Crippen LogP contribution in [0.4, 0.5) is 5.69 Å². The smallest absolute Gasteiger partial charge is 0.193 e. The Labute approximate surface area is 162 Å². The number of nitrogens with one attached hydrogen (secondary N) is 1. The Morgan fingerprint density at radius 2 is 2.21 bits per heavy atom. The van der Waals surface area contributed by atoms with Gasteiger partial charge >= 0.3 is 0 Å². The molecule has 1 aromatic carbocycles. The number of hydrogen-bond acceptors (Lipinski definition) is 4. The number of aromatic nitrogens is 1. The SMILES string of the molecule is CCc1cccc(NC(N)=NCc2csc(-c3ccco3)n2)c1.I. The highest BCUT2D eigenvalue weighted by atomic mass is 127. The molecule has 24 heavy (non-hydrogen) atoms. The van der Waals surface area contributed by atoms with Crippen molar-refractivity contribution in [1.29, 1.82) is 0 Å². The summed E-state index contributed by atoms with van der Waals surface area (Å²) in [5.74, 6) is 1.15. The first kappa shape index (κ1) is 18.5. The number of nitrogens with two attached hydrogens (primary N) is 1. The molecule has 0 radical (unpaired) electrons. The number of thiazole rings is 1. The predicted octanol–water partition coefficient (Wildman–Crippen LogP) is 4.51. The van der Waals surface area contributed by atoms with Crippen LogP contribution in [0.25, 0.3) is 10.8 Å². The first-order valence-electron chi connectivity index (χ1n) is 7.38. The van der Waals surface area contributed by atoms with Gasteiger partial charge in [0.1, 0.15) is 0 Å². The molecule has 0 unspecified atom stereocenters. The summed E-state index contributed by atoms with van der Waals surface area (Å²) in [7, 11) is 0. The van der Waals surface area contributed by atoms with Crippen LogP contribution in [0.3, 0.4) is 0 Å². The Morgan fingerprint density at radius 3 is 2.96 bits per heavy atom. The monoisotopic (exact) mass is 454 g/mol. The number of guanidine groups is 1. The molecule has 0 amide bonds. The zero-order valence-corrected chi connectivity index (χ0v) is 16.4. The van der Waals surface area contributed by atoms with Crippen LogP contribution in [0, 0.1) is 0 Å². The summed E-state index contributed by atoms with van der Waals surface area (Å²) in [6.07, 6.45) is 2.63. The van der Waals surface area contributed by atoms with Gasteiger partial charge in [-0.15, -0.1) is 35.3 Å². The molecule has 126 valence electrons. The number of hydrogen-bond donors (Lipinski definition) is 2. The van der Waals surface area contributed by atoms with Crippen LogP contribution in [0.1, 0.15) is 18.2 Å². The van der Waals surface area contributed by atoms with Crippen molar-refractivity contribution in [3.05, 3.63) is 59.3 Å². The zero-order chi connectivity index (χ0) is 16.1. The second-order valence-electron chi connectivity index (χ2n) is 5.00. The second kappa shape index (κ2) is 8.84. The number of aryl methyl sites for hydroxylation is 1. The first-order valence-corrected chi connectivity index (χ1v) is 8.26. The van der Waals surface area contributed by atoms with Gasteiger partial charge in [-0.3, -0.25) is 0 Å². The highest BCUT2D eigenvalue weighted by Crippen LogP contribution is 2.24. The van der Waals surface area contributed by atoms with Crippen LogP contribution < -0.4 is 11.1 Å². The molecule has 0 bridgehead atoms. The van der Waals surface area contributed by atoms with Gasteiger partial charge in [0.15, 0.2) is 16.7 Å². The lowest BCUT2D eigenvalue weighted by Gasteiger charge is -2.06. The Bertz CT molecular complexity index is 799. The number of rotatable bonds is 5. The zero-order valence-electron chi connectivity index (χ0n) is 13.2. The average Bonchev–Trinajstić information content (AvgIpc) is 3.24. The fourth-order valence-electron chi connectivity index (χ4n) is 2.12. The van der Waals surface area contributed by atoms with Crippen molar-refractivity contribution >= 4 is 47.0 Å². The van der Waals surface area contributed by atoms with Gasteiger partial charge in [0.05, 0.1) is 18.5 Å². The second-order valence-corrected chi connectivity index (χ2v) is 5.86. The third-order valence-corrected chi connectivity index (χ3v) is 4.21. The minimum atomic E-state index is 0. The molecule has 3 aromatic rings. The van der Waals surface area contributed by atoms with Gasteiger partial charge in [-0.2, -0.15) is 0 Å². The van der Waals surface area contributed by atoms with Gasteiger partial charge in [-0.05, 0) is 36.2 Å². The van der Waals surface area contributed by atoms with Crippen molar-refractivity contribution in [3.8, 4) is 10.8 Å². The normalized spacial score (nSPS) is 11.1. The van der Waals surface area contributed by atoms with E-state index in [1.807, 2.05) is 29.6 Å². The van der Waals surface area contributed by atoms with Gasteiger partial charge in [0.25, 0.3) is 0 Å². The lowest BCUT2D eigenvalue weighted by molar-refractivity contribution is 0.581. The van der Waals surface area contributed by atoms with E-state index in [4.69, 9.17) is 10.2 Å². The Kier molecular flexibility index (Phi) is 6.80. The van der Waals surface area contributed by atoms with E-state index >= 15 is 0 Å². The molecule has 0 saturated carbocycles. The van der Waals surface area contributed by atoms with Crippen molar-refractivity contribution in [2.75, 3.05) is 5.32 Å². The maximum atomic E-state index is 5.94. The minimum Gasteiger partial charge on any atom is -0.462 e. The summed E-state index contributed by atoms with van der Waals surface area (Å²) in [4.78, 5) is 8.83. The Balaban J connectivity index is 0.00000208. The van der Waals surface area contributed by atoms with E-state index in [1.54, 1.807) is 6.26 Å². The third-order valence-electron chi connectivity index (χ3n) is 3.30. The molecule has 3 rings (SSSR count). The molecular formula is C17H19IN4OS. The van der Waals surface area contributed by atoms with Gasteiger partial charge in [0, 0.05) is 11.1 Å². The van der Waals surface area contributed by atoms with E-state index in [2.05, 4.69) is 34.3 Å². The van der Waals surface area contributed by atoms with Crippen LogP contribution in [0.5, 0.6) is 0 Å². The fraction of sp³-hybridized carbons (Fsp3) is 0.176. The van der Waals surface area contributed by atoms with Crippen LogP contribution in [0.15, 0.2) is 57.5 Å². The largest absolute Gasteiger partial charge is 0.462 e. The fourth-order valence-corrected chi connectivity index (χ4v) is 2.89. The molecule has 0 spiro atoms. The standard InChI is InChI=1S/C17H18N4OS.HI/c1-2-12-5-3-6-13(9-12)21-17(18)19-10-14-11-23-16(20-14)15-7-4-8-22-15;/h3-9,11H,2,10H2,1H3,(H3,18,19,21);1H. The van der Waals surface area contributed by atoms with Gasteiger partial charge in [-0.1, -0.05) is 19.1 Å². The van der Waals surface area contributed by atoms with Crippen molar-refractivity contribution in [3.63, 3.8) is 0 Å². The number of halogens is 1. The molecule has 0 fully saturated rings. The van der Waals surface area contributed by atoms with E-state index in [9.17, 15) is 0 Å². The van der Waals surface area contributed by atoms with Gasteiger partial charge in [-0.25, -0.2) is 9.98 Å². The van der Waals surface area contributed by atoms with E-state index < -0.39 is 0 Å². The van der Waals surface area contributed by atoms with Gasteiger partial charge in [0.2, 0.25) is 0 Å². The number of anilines is 1. The van der Waals surface area contributed by atoms with E-state index in [0.29, 0.717) is 12.5 Å². The van der Waals surface area contributed by atoms with Crippen LogP contribution in [-0.4, -0.2) is 10.9 Å². The summed E-state index contributed by atoms with van der Waals surface area (Å²) in [6, 6.07) is 11.9. The molecule has 2 aromatic heterocycles. The molecule has 3 N–H and O–H groups in total. The summed E-state index contributed by atoms with van der Waals surface area (Å²) < 4.78 is 5.33. The van der Waals surface area contributed by atoms with E-state index in [-0.39, 0.29) is 24.0 Å². The quantitative estimate of drug-likeness (QED) is 0.338. The highest BCUT2D eigenvalue weighted by molar-refractivity contribution is 14.0. The lowest BCUT2D eigenvalue weighted by Crippen LogP contribution is -2.22. The number of furan rings is 1. The maximum absolute atomic E-state index is 5.94. The topological polar surface area (TPSA) is 76.4 Å². The molecule has 0 aliphatic rings. The van der Waals surface area contributed by atoms with E-state index in [1.165, 1.54) is 16.9 Å². The summed E-state index contributed by atoms with van der Waals surface area (Å²) in [5.41, 5.74) is 9.01. The first-order chi connectivity index (χ1) is 11.2. The molecule has 7 heteroatoms. The Hall–Kier alpha value is -1.87. The number of nitrogens with zero attached hydrogens (tertiary/aromatic N) is 2. The molecule has 2 heterocycles. The number of benzene rings is 1. The van der Waals surface area contributed by atoms with E-state index in [0.717, 1.165) is 28.6 Å². The molecular weight excluding hydrogens is 435 g/mol.